The second-order valence-corrected chi connectivity index (χ2v) is 4.97. The van der Waals surface area contributed by atoms with Gasteiger partial charge in [0.25, 0.3) is 0 Å². The average molecular weight is 351 g/mol. The molecule has 0 atom stereocenters. The lowest BCUT2D eigenvalue weighted by Crippen LogP contribution is -1.91. The maximum Gasteiger partial charge on any atom is 0.238 e. The summed E-state index contributed by atoms with van der Waals surface area (Å²) >= 11 is 14.7. The van der Waals surface area contributed by atoms with Gasteiger partial charge in [-0.05, 0) is 39.7 Å². The Morgan fingerprint density at radius 1 is 1.33 bits per heavy atom. The van der Waals surface area contributed by atoms with Crippen LogP contribution < -0.4 is 4.74 Å². The Labute approximate surface area is 122 Å². The summed E-state index contributed by atoms with van der Waals surface area (Å²) in [5.74, 6) is 0.442. The van der Waals surface area contributed by atoms with Crippen LogP contribution in [0.15, 0.2) is 34.9 Å². The van der Waals surface area contributed by atoms with E-state index in [4.69, 9.17) is 27.9 Å². The molecule has 0 bridgehead atoms. The molecular weight excluding hydrogens is 344 g/mol. The van der Waals surface area contributed by atoms with Gasteiger partial charge in [-0.25, -0.2) is 9.37 Å². The largest absolute Gasteiger partial charge is 0.437 e. The van der Waals surface area contributed by atoms with Crippen molar-refractivity contribution in [3.63, 3.8) is 0 Å². The van der Waals surface area contributed by atoms with Crippen molar-refractivity contribution in [3.05, 3.63) is 51.3 Å². The van der Waals surface area contributed by atoms with E-state index in [0.29, 0.717) is 21.1 Å². The standard InChI is InChI=1S/C12H7BrCl2FNO/c13-9-2-1-8(4-11(9)16)18-12-10(15)3-7(5-14)6-17-12/h1-4,6H,5H2. The quantitative estimate of drug-likeness (QED) is 0.712. The van der Waals surface area contributed by atoms with E-state index in [2.05, 4.69) is 20.9 Å². The smallest absolute Gasteiger partial charge is 0.238 e. The molecule has 94 valence electrons. The molecule has 0 fully saturated rings. The topological polar surface area (TPSA) is 22.1 Å². The fourth-order valence-electron chi connectivity index (χ4n) is 1.27. The van der Waals surface area contributed by atoms with Gasteiger partial charge < -0.3 is 4.74 Å². The van der Waals surface area contributed by atoms with E-state index in [0.717, 1.165) is 5.56 Å². The minimum atomic E-state index is -0.416. The predicted molar refractivity (Wildman–Crippen MR) is 73.0 cm³/mol. The summed E-state index contributed by atoms with van der Waals surface area (Å²) < 4.78 is 19.1. The van der Waals surface area contributed by atoms with Gasteiger partial charge in [0.1, 0.15) is 16.6 Å². The van der Waals surface area contributed by atoms with Crippen molar-refractivity contribution in [1.82, 2.24) is 4.98 Å². The fraction of sp³-hybridized carbons (Fsp3) is 0.0833. The Morgan fingerprint density at radius 3 is 2.72 bits per heavy atom. The van der Waals surface area contributed by atoms with Gasteiger partial charge in [0, 0.05) is 18.1 Å². The maximum atomic E-state index is 13.3. The van der Waals surface area contributed by atoms with Gasteiger partial charge >= 0.3 is 0 Å². The molecule has 0 aliphatic heterocycles. The van der Waals surface area contributed by atoms with Gasteiger partial charge in [-0.15, -0.1) is 11.6 Å². The molecule has 0 amide bonds. The molecule has 2 rings (SSSR count). The Balaban J connectivity index is 2.25. The van der Waals surface area contributed by atoms with Crippen molar-refractivity contribution >= 4 is 39.1 Å². The van der Waals surface area contributed by atoms with E-state index >= 15 is 0 Å². The van der Waals surface area contributed by atoms with E-state index in [1.54, 1.807) is 24.4 Å². The highest BCUT2D eigenvalue weighted by molar-refractivity contribution is 9.10. The Hall–Kier alpha value is -0.840. The third kappa shape index (κ3) is 3.13. The van der Waals surface area contributed by atoms with E-state index in [9.17, 15) is 4.39 Å². The van der Waals surface area contributed by atoms with Crippen molar-refractivity contribution in [2.75, 3.05) is 0 Å². The first-order chi connectivity index (χ1) is 8.60. The zero-order chi connectivity index (χ0) is 13.1. The number of nitrogens with zero attached hydrogens (tertiary/aromatic N) is 1. The van der Waals surface area contributed by atoms with Crippen LogP contribution in [-0.4, -0.2) is 4.98 Å². The second-order valence-electron chi connectivity index (χ2n) is 3.44. The maximum absolute atomic E-state index is 13.3. The molecule has 0 aliphatic rings. The Kier molecular flexibility index (Phi) is 4.43. The lowest BCUT2D eigenvalue weighted by Gasteiger charge is -2.07. The highest BCUT2D eigenvalue weighted by Crippen LogP contribution is 2.29. The molecule has 0 spiro atoms. The highest BCUT2D eigenvalue weighted by atomic mass is 79.9. The molecule has 0 saturated carbocycles. The van der Waals surface area contributed by atoms with Crippen LogP contribution in [0.3, 0.4) is 0 Å². The van der Waals surface area contributed by atoms with Crippen LogP contribution in [0.2, 0.25) is 5.02 Å². The van der Waals surface area contributed by atoms with Crippen LogP contribution in [0.5, 0.6) is 11.6 Å². The van der Waals surface area contributed by atoms with Crippen molar-refractivity contribution in [2.24, 2.45) is 0 Å². The molecule has 18 heavy (non-hydrogen) atoms. The van der Waals surface area contributed by atoms with Crippen LogP contribution in [0.1, 0.15) is 5.56 Å². The van der Waals surface area contributed by atoms with Crippen molar-refractivity contribution < 1.29 is 9.13 Å². The van der Waals surface area contributed by atoms with E-state index in [-0.39, 0.29) is 5.88 Å². The zero-order valence-electron chi connectivity index (χ0n) is 8.96. The summed E-state index contributed by atoms with van der Waals surface area (Å²) in [6.07, 6.45) is 1.56. The summed E-state index contributed by atoms with van der Waals surface area (Å²) in [6, 6.07) is 6.07. The molecular formula is C12H7BrCl2FNO. The van der Waals surface area contributed by atoms with Crippen LogP contribution >= 0.6 is 39.1 Å². The third-order valence-corrected chi connectivity index (χ3v) is 3.35. The van der Waals surface area contributed by atoms with Gasteiger partial charge in [0.15, 0.2) is 0 Å². The average Bonchev–Trinajstić information content (AvgIpc) is 2.36. The number of aromatic nitrogens is 1. The van der Waals surface area contributed by atoms with E-state index in [1.807, 2.05) is 0 Å². The lowest BCUT2D eigenvalue weighted by atomic mass is 10.3. The number of rotatable bonds is 3. The Morgan fingerprint density at radius 2 is 2.11 bits per heavy atom. The predicted octanol–water partition coefficient (Wildman–Crippen LogP) is 5.17. The SMILES string of the molecule is Fc1cc(Oc2ncc(CCl)cc2Cl)ccc1Br. The normalized spacial score (nSPS) is 10.4. The monoisotopic (exact) mass is 349 g/mol. The Bertz CT molecular complexity index is 580. The number of alkyl halides is 1. The molecule has 1 aromatic carbocycles. The number of halogens is 4. The molecule has 0 N–H and O–H groups in total. The lowest BCUT2D eigenvalue weighted by molar-refractivity contribution is 0.457. The highest BCUT2D eigenvalue weighted by Gasteiger charge is 2.08. The minimum absolute atomic E-state index is 0.215. The summed E-state index contributed by atoms with van der Waals surface area (Å²) in [4.78, 5) is 4.02. The number of pyridine rings is 1. The first kappa shape index (κ1) is 13.6. The molecule has 0 saturated heterocycles. The first-order valence-electron chi connectivity index (χ1n) is 4.93. The van der Waals surface area contributed by atoms with Crippen LogP contribution in [0.4, 0.5) is 4.39 Å². The molecule has 0 aliphatic carbocycles. The molecule has 1 aromatic heterocycles. The van der Waals surface area contributed by atoms with Crippen molar-refractivity contribution in [2.45, 2.75) is 5.88 Å². The molecule has 2 nitrogen and oxygen atoms in total. The molecule has 6 heteroatoms. The first-order valence-corrected chi connectivity index (χ1v) is 6.64. The summed E-state index contributed by atoms with van der Waals surface area (Å²) in [5.41, 5.74) is 0.788. The zero-order valence-corrected chi connectivity index (χ0v) is 12.1. The molecule has 2 aromatic rings. The molecule has 1 heterocycles. The third-order valence-electron chi connectivity index (χ3n) is 2.12. The van der Waals surface area contributed by atoms with E-state index in [1.165, 1.54) is 6.07 Å². The van der Waals surface area contributed by atoms with Crippen LogP contribution in [0.25, 0.3) is 0 Å². The number of ether oxygens (including phenoxy) is 1. The van der Waals surface area contributed by atoms with Crippen LogP contribution in [-0.2, 0) is 5.88 Å². The van der Waals surface area contributed by atoms with Gasteiger partial charge in [0.05, 0.1) is 4.47 Å². The van der Waals surface area contributed by atoms with Gasteiger partial charge in [-0.1, -0.05) is 11.6 Å². The van der Waals surface area contributed by atoms with Crippen LogP contribution in [0, 0.1) is 5.82 Å². The molecule has 0 unspecified atom stereocenters. The van der Waals surface area contributed by atoms with Crippen molar-refractivity contribution in [1.29, 1.82) is 0 Å². The number of benzene rings is 1. The van der Waals surface area contributed by atoms with E-state index < -0.39 is 5.82 Å². The fourth-order valence-corrected chi connectivity index (χ4v) is 1.89. The molecule has 0 radical (unpaired) electrons. The number of hydrogen-bond acceptors (Lipinski definition) is 2. The van der Waals surface area contributed by atoms with Gasteiger partial charge in [-0.2, -0.15) is 0 Å². The summed E-state index contributed by atoms with van der Waals surface area (Å²) in [5, 5.41) is 0.330. The van der Waals surface area contributed by atoms with Gasteiger partial charge in [0.2, 0.25) is 5.88 Å². The number of hydrogen-bond donors (Lipinski definition) is 0. The van der Waals surface area contributed by atoms with Gasteiger partial charge in [-0.3, -0.25) is 0 Å². The summed E-state index contributed by atoms with van der Waals surface area (Å²) in [6.45, 7) is 0. The minimum Gasteiger partial charge on any atom is -0.437 e. The van der Waals surface area contributed by atoms with Crippen molar-refractivity contribution in [3.8, 4) is 11.6 Å². The summed E-state index contributed by atoms with van der Waals surface area (Å²) in [7, 11) is 0. The second kappa shape index (κ2) is 5.87.